The van der Waals surface area contributed by atoms with Crippen LogP contribution in [-0.4, -0.2) is 66.2 Å². The molecule has 0 aliphatic carbocycles. The second-order valence-corrected chi connectivity index (χ2v) is 8.50. The van der Waals surface area contributed by atoms with Crippen molar-refractivity contribution in [1.82, 2.24) is 10.6 Å². The maximum absolute atomic E-state index is 12.4. The molecule has 0 spiro atoms. The number of nitrogens with zero attached hydrogens (tertiary/aromatic N) is 2. The zero-order valence-corrected chi connectivity index (χ0v) is 18.9. The molecule has 0 fully saturated rings. The molecule has 0 aromatic heterocycles. The molecule has 166 valence electrons. The van der Waals surface area contributed by atoms with Gasteiger partial charge in [0, 0.05) is 38.6 Å². The minimum atomic E-state index is -0.587. The van der Waals surface area contributed by atoms with Crippen LogP contribution in [0.15, 0.2) is 48.5 Å². The van der Waals surface area contributed by atoms with E-state index in [-0.39, 0.29) is 6.04 Å². The first-order valence-electron chi connectivity index (χ1n) is 10.8. The van der Waals surface area contributed by atoms with E-state index in [1.807, 2.05) is 34.3 Å². The maximum atomic E-state index is 12.4. The predicted octanol–water partition coefficient (Wildman–Crippen LogP) is 0.233. The summed E-state index contributed by atoms with van der Waals surface area (Å²) in [6, 6.07) is 16.7. The fraction of sp³-hybridized carbons (Fsp3) is 0.417. The number of carbonyl (C=O) groups excluding carboxylic acids is 2. The molecule has 7 nitrogen and oxygen atoms in total. The largest absolute Gasteiger partial charge is 0.378 e. The topological polar surface area (TPSA) is 69.1 Å². The Morgan fingerprint density at radius 3 is 2.39 bits per heavy atom. The Bertz CT molecular complexity index is 895. The van der Waals surface area contributed by atoms with Crippen molar-refractivity contribution < 1.29 is 14.5 Å². The van der Waals surface area contributed by atoms with Crippen LogP contribution >= 0.6 is 0 Å². The van der Waals surface area contributed by atoms with E-state index in [0.717, 1.165) is 30.8 Å². The lowest BCUT2D eigenvalue weighted by molar-refractivity contribution is -0.856. The molecule has 3 rings (SSSR count). The van der Waals surface area contributed by atoms with Gasteiger partial charge in [-0.3, -0.25) is 9.59 Å². The molecule has 1 aliphatic heterocycles. The molecule has 3 N–H and O–H groups in total. The molecule has 1 heterocycles. The molecular formula is C24H34N5O2+. The number of hydrogen-bond donors (Lipinski definition) is 3. The third-order valence-electron chi connectivity index (χ3n) is 5.67. The first kappa shape index (κ1) is 22.6. The van der Waals surface area contributed by atoms with Crippen molar-refractivity contribution in [3.63, 3.8) is 0 Å². The Balaban J connectivity index is 1.74. The number of carbonyl (C=O) groups is 2. The van der Waals surface area contributed by atoms with Gasteiger partial charge in [-0.2, -0.15) is 0 Å². The van der Waals surface area contributed by atoms with Crippen molar-refractivity contribution in [3.8, 4) is 0 Å². The van der Waals surface area contributed by atoms with E-state index in [1.54, 1.807) is 0 Å². The van der Waals surface area contributed by atoms with E-state index >= 15 is 0 Å². The summed E-state index contributed by atoms with van der Waals surface area (Å²) in [4.78, 5) is 30.2. The Labute approximate surface area is 185 Å². The number of para-hydroxylation sites is 1. The van der Waals surface area contributed by atoms with E-state index in [9.17, 15) is 9.59 Å². The van der Waals surface area contributed by atoms with Gasteiger partial charge in [-0.25, -0.2) is 0 Å². The SMILES string of the molecule is CN(C)c1ccc([C@H](CNC(=O)C(=O)NCC[NH+](C)C)N2CCc3ccccc32)cc1. The lowest BCUT2D eigenvalue weighted by Gasteiger charge is -2.31. The number of quaternary nitrogens is 1. The van der Waals surface area contributed by atoms with Gasteiger partial charge in [-0.05, 0) is 35.7 Å². The van der Waals surface area contributed by atoms with Gasteiger partial charge < -0.3 is 25.3 Å². The number of hydrogen-bond acceptors (Lipinski definition) is 4. The van der Waals surface area contributed by atoms with E-state index in [4.69, 9.17) is 0 Å². The molecule has 1 atom stereocenters. The van der Waals surface area contributed by atoms with Crippen LogP contribution in [0, 0.1) is 0 Å². The lowest BCUT2D eigenvalue weighted by atomic mass is 10.0. The lowest BCUT2D eigenvalue weighted by Crippen LogP contribution is -3.06. The van der Waals surface area contributed by atoms with Crippen LogP contribution in [0.2, 0.25) is 0 Å². The standard InChI is InChI=1S/C24H33N5O2/c1-27(2)16-14-25-23(30)24(31)26-17-22(19-9-11-20(12-10-19)28(3)4)29-15-13-18-7-5-6-8-21(18)29/h5-12,22H,13-17H2,1-4H3,(H,25,30)(H,26,31)/p+1/t22-/m0/s1. The van der Waals surface area contributed by atoms with E-state index in [2.05, 4.69) is 62.9 Å². The van der Waals surface area contributed by atoms with Crippen molar-refractivity contribution in [2.45, 2.75) is 12.5 Å². The molecule has 7 heteroatoms. The van der Waals surface area contributed by atoms with Crippen LogP contribution in [0.4, 0.5) is 11.4 Å². The van der Waals surface area contributed by atoms with Gasteiger partial charge in [-0.15, -0.1) is 0 Å². The summed E-state index contributed by atoms with van der Waals surface area (Å²) >= 11 is 0. The van der Waals surface area contributed by atoms with Crippen LogP contribution in [0.3, 0.4) is 0 Å². The minimum Gasteiger partial charge on any atom is -0.378 e. The van der Waals surface area contributed by atoms with Crippen molar-refractivity contribution in [2.75, 3.05) is 64.2 Å². The highest BCUT2D eigenvalue weighted by atomic mass is 16.2. The highest BCUT2D eigenvalue weighted by Gasteiger charge is 2.28. The second kappa shape index (κ2) is 10.3. The fourth-order valence-electron chi connectivity index (χ4n) is 3.87. The van der Waals surface area contributed by atoms with Gasteiger partial charge in [0.15, 0.2) is 0 Å². The monoisotopic (exact) mass is 424 g/mol. The maximum Gasteiger partial charge on any atom is 0.309 e. The van der Waals surface area contributed by atoms with Crippen molar-refractivity contribution in [3.05, 3.63) is 59.7 Å². The average molecular weight is 425 g/mol. The van der Waals surface area contributed by atoms with Gasteiger partial charge >= 0.3 is 11.8 Å². The number of likely N-dealkylation sites (N-methyl/N-ethyl adjacent to an activating group) is 1. The molecule has 2 aromatic carbocycles. The first-order chi connectivity index (χ1) is 14.9. The summed E-state index contributed by atoms with van der Waals surface area (Å²) in [6.45, 7) is 2.49. The summed E-state index contributed by atoms with van der Waals surface area (Å²) < 4.78 is 0. The molecule has 31 heavy (non-hydrogen) atoms. The highest BCUT2D eigenvalue weighted by molar-refractivity contribution is 6.35. The molecule has 0 unspecified atom stereocenters. The Kier molecular flexibility index (Phi) is 7.52. The normalized spacial score (nSPS) is 13.6. The van der Waals surface area contributed by atoms with Crippen molar-refractivity contribution >= 4 is 23.2 Å². The number of amides is 2. The smallest absolute Gasteiger partial charge is 0.309 e. The number of fused-ring (bicyclic) bond motifs is 1. The molecule has 0 saturated heterocycles. The van der Waals surface area contributed by atoms with Crippen molar-refractivity contribution in [1.29, 1.82) is 0 Å². The summed E-state index contributed by atoms with van der Waals surface area (Å²) in [5.41, 5.74) is 4.74. The van der Waals surface area contributed by atoms with Gasteiger partial charge in [0.1, 0.15) is 0 Å². The minimum absolute atomic E-state index is 0.0529. The molecule has 0 bridgehead atoms. The molecule has 2 aromatic rings. The first-order valence-corrected chi connectivity index (χ1v) is 10.8. The van der Waals surface area contributed by atoms with Crippen molar-refractivity contribution in [2.24, 2.45) is 0 Å². The van der Waals surface area contributed by atoms with Crippen LogP contribution < -0.4 is 25.3 Å². The average Bonchev–Trinajstić information content (AvgIpc) is 3.18. The van der Waals surface area contributed by atoms with Crippen LogP contribution in [-0.2, 0) is 16.0 Å². The number of benzene rings is 2. The third-order valence-corrected chi connectivity index (χ3v) is 5.67. The summed E-state index contributed by atoms with van der Waals surface area (Å²) in [6.07, 6.45) is 0.976. The predicted molar refractivity (Wildman–Crippen MR) is 125 cm³/mol. The Morgan fingerprint density at radius 1 is 1.03 bits per heavy atom. The van der Waals surface area contributed by atoms with Crippen LogP contribution in [0.5, 0.6) is 0 Å². The van der Waals surface area contributed by atoms with Gasteiger partial charge in [0.05, 0.1) is 33.2 Å². The number of rotatable bonds is 8. The molecular weight excluding hydrogens is 390 g/mol. The van der Waals surface area contributed by atoms with Gasteiger partial charge in [0.25, 0.3) is 0 Å². The molecule has 1 aliphatic rings. The van der Waals surface area contributed by atoms with E-state index in [1.165, 1.54) is 16.2 Å². The number of anilines is 2. The Hall–Kier alpha value is -3.06. The van der Waals surface area contributed by atoms with E-state index in [0.29, 0.717) is 13.1 Å². The summed E-state index contributed by atoms with van der Waals surface area (Å²) in [5, 5.41) is 5.55. The number of nitrogens with one attached hydrogen (secondary N) is 3. The van der Waals surface area contributed by atoms with Gasteiger partial charge in [-0.1, -0.05) is 30.3 Å². The van der Waals surface area contributed by atoms with E-state index < -0.39 is 11.8 Å². The molecule has 0 radical (unpaired) electrons. The highest BCUT2D eigenvalue weighted by Crippen LogP contribution is 2.35. The zero-order valence-electron chi connectivity index (χ0n) is 18.9. The third kappa shape index (κ3) is 5.76. The summed E-state index contributed by atoms with van der Waals surface area (Å²) in [7, 11) is 8.04. The van der Waals surface area contributed by atoms with Crippen LogP contribution in [0.25, 0.3) is 0 Å². The second-order valence-electron chi connectivity index (χ2n) is 8.50. The van der Waals surface area contributed by atoms with Gasteiger partial charge in [0.2, 0.25) is 0 Å². The fourth-order valence-corrected chi connectivity index (χ4v) is 3.87. The molecule has 2 amide bonds. The molecule has 0 saturated carbocycles. The zero-order chi connectivity index (χ0) is 22.4. The quantitative estimate of drug-likeness (QED) is 0.531. The Morgan fingerprint density at radius 2 is 1.71 bits per heavy atom. The summed E-state index contributed by atoms with van der Waals surface area (Å²) in [5.74, 6) is -1.17. The van der Waals surface area contributed by atoms with Crippen LogP contribution in [0.1, 0.15) is 17.2 Å².